The largest absolute Gasteiger partial charge is 0.323 e. The standard InChI is InChI=1S/C19H15ClN2O3S2/c20-14-3-5-16(6-4-14)22-27(24,25)18-10-7-15(8-11-18)21-19(23)12-9-17-2-1-13-26-17/h1-13,22H,(H,21,23)/b12-9+. The second-order valence-corrected chi connectivity index (χ2v) is 8.57. The lowest BCUT2D eigenvalue weighted by molar-refractivity contribution is -0.111. The zero-order chi connectivity index (χ0) is 19.3. The predicted molar refractivity (Wildman–Crippen MR) is 111 cm³/mol. The molecule has 138 valence electrons. The number of hydrogen-bond acceptors (Lipinski definition) is 4. The van der Waals surface area contributed by atoms with Gasteiger partial charge in [0.1, 0.15) is 0 Å². The van der Waals surface area contributed by atoms with Crippen LogP contribution in [0.1, 0.15) is 4.88 Å². The SMILES string of the molecule is O=C(/C=C/c1cccs1)Nc1ccc(S(=O)(=O)Nc2ccc(Cl)cc2)cc1. The van der Waals surface area contributed by atoms with Crippen molar-refractivity contribution in [2.24, 2.45) is 0 Å². The van der Waals surface area contributed by atoms with Crippen LogP contribution in [0.15, 0.2) is 77.0 Å². The van der Waals surface area contributed by atoms with Gasteiger partial charge >= 0.3 is 0 Å². The monoisotopic (exact) mass is 418 g/mol. The fourth-order valence-corrected chi connectivity index (χ4v) is 3.98. The van der Waals surface area contributed by atoms with E-state index in [2.05, 4.69) is 10.0 Å². The Labute approximate surface area is 166 Å². The third kappa shape index (κ3) is 5.43. The Morgan fingerprint density at radius 2 is 1.63 bits per heavy atom. The highest BCUT2D eigenvalue weighted by molar-refractivity contribution is 7.92. The summed E-state index contributed by atoms with van der Waals surface area (Å²) in [4.78, 5) is 13.0. The average Bonchev–Trinajstić information content (AvgIpc) is 3.16. The fourth-order valence-electron chi connectivity index (χ4n) is 2.18. The number of thiophene rings is 1. The molecule has 8 heteroatoms. The molecule has 1 heterocycles. The maximum Gasteiger partial charge on any atom is 0.261 e. The Hall–Kier alpha value is -2.61. The van der Waals surface area contributed by atoms with E-state index in [-0.39, 0.29) is 10.8 Å². The van der Waals surface area contributed by atoms with E-state index < -0.39 is 10.0 Å². The minimum atomic E-state index is -3.73. The van der Waals surface area contributed by atoms with Gasteiger partial charge in [-0.2, -0.15) is 0 Å². The molecule has 0 aliphatic heterocycles. The van der Waals surface area contributed by atoms with E-state index in [0.717, 1.165) is 4.88 Å². The van der Waals surface area contributed by atoms with E-state index >= 15 is 0 Å². The molecule has 0 saturated carbocycles. The van der Waals surface area contributed by atoms with Gasteiger partial charge in [0.2, 0.25) is 5.91 Å². The normalized spacial score (nSPS) is 11.4. The van der Waals surface area contributed by atoms with E-state index in [1.807, 2.05) is 17.5 Å². The molecule has 1 aromatic heterocycles. The summed E-state index contributed by atoms with van der Waals surface area (Å²) in [6.07, 6.45) is 3.15. The number of sulfonamides is 1. The number of carbonyl (C=O) groups excluding carboxylic acids is 1. The van der Waals surface area contributed by atoms with Gasteiger partial charge in [-0.15, -0.1) is 11.3 Å². The molecule has 0 saturated heterocycles. The lowest BCUT2D eigenvalue weighted by Gasteiger charge is -2.09. The maximum absolute atomic E-state index is 12.4. The van der Waals surface area contributed by atoms with Crippen molar-refractivity contribution in [1.29, 1.82) is 0 Å². The van der Waals surface area contributed by atoms with Crippen LogP contribution in [0.4, 0.5) is 11.4 Å². The van der Waals surface area contributed by atoms with E-state index in [1.54, 1.807) is 30.3 Å². The van der Waals surface area contributed by atoms with Crippen LogP contribution >= 0.6 is 22.9 Å². The molecule has 0 aliphatic carbocycles. The summed E-state index contributed by atoms with van der Waals surface area (Å²) in [5, 5.41) is 5.13. The fraction of sp³-hybridized carbons (Fsp3) is 0. The first kappa shape index (κ1) is 19.2. The van der Waals surface area contributed by atoms with Gasteiger partial charge in [-0.1, -0.05) is 17.7 Å². The molecule has 3 aromatic rings. The molecule has 5 nitrogen and oxygen atoms in total. The van der Waals surface area contributed by atoms with Crippen LogP contribution in [0.5, 0.6) is 0 Å². The van der Waals surface area contributed by atoms with Gasteiger partial charge in [0.05, 0.1) is 4.90 Å². The van der Waals surface area contributed by atoms with Gasteiger partial charge in [-0.25, -0.2) is 8.42 Å². The second-order valence-electron chi connectivity index (χ2n) is 5.47. The molecule has 0 radical (unpaired) electrons. The Morgan fingerprint density at radius 3 is 2.26 bits per heavy atom. The van der Waals surface area contributed by atoms with Crippen molar-refractivity contribution in [3.63, 3.8) is 0 Å². The molecule has 27 heavy (non-hydrogen) atoms. The lowest BCUT2D eigenvalue weighted by Crippen LogP contribution is -2.13. The van der Waals surface area contributed by atoms with Crippen molar-refractivity contribution in [3.05, 3.63) is 82.0 Å². The minimum Gasteiger partial charge on any atom is -0.323 e. The maximum atomic E-state index is 12.4. The summed E-state index contributed by atoms with van der Waals surface area (Å²) in [7, 11) is -3.73. The molecule has 0 spiro atoms. The molecule has 0 atom stereocenters. The van der Waals surface area contributed by atoms with Gasteiger partial charge in [-0.3, -0.25) is 9.52 Å². The number of halogens is 1. The van der Waals surface area contributed by atoms with Crippen molar-refractivity contribution in [2.45, 2.75) is 4.90 Å². The molecule has 0 fully saturated rings. The Balaban J connectivity index is 1.65. The van der Waals surface area contributed by atoms with Crippen molar-refractivity contribution < 1.29 is 13.2 Å². The topological polar surface area (TPSA) is 75.3 Å². The quantitative estimate of drug-likeness (QED) is 0.561. The molecule has 0 unspecified atom stereocenters. The molecule has 1 amide bonds. The van der Waals surface area contributed by atoms with Crippen LogP contribution in [0.3, 0.4) is 0 Å². The zero-order valence-corrected chi connectivity index (χ0v) is 16.3. The summed E-state index contributed by atoms with van der Waals surface area (Å²) < 4.78 is 27.3. The summed E-state index contributed by atoms with van der Waals surface area (Å²) in [6.45, 7) is 0. The van der Waals surface area contributed by atoms with Crippen LogP contribution in [0.25, 0.3) is 6.08 Å². The summed E-state index contributed by atoms with van der Waals surface area (Å²) in [5.41, 5.74) is 0.914. The number of amides is 1. The van der Waals surface area contributed by atoms with Crippen LogP contribution in [-0.2, 0) is 14.8 Å². The van der Waals surface area contributed by atoms with Crippen molar-refractivity contribution in [3.8, 4) is 0 Å². The smallest absolute Gasteiger partial charge is 0.261 e. The highest BCUT2D eigenvalue weighted by Gasteiger charge is 2.14. The summed E-state index contributed by atoms with van der Waals surface area (Å²) in [5.74, 6) is -0.293. The molecular formula is C19H15ClN2O3S2. The van der Waals surface area contributed by atoms with Crippen molar-refractivity contribution in [1.82, 2.24) is 0 Å². The first-order chi connectivity index (χ1) is 12.9. The molecular weight excluding hydrogens is 404 g/mol. The second kappa shape index (κ2) is 8.39. The van der Waals surface area contributed by atoms with Crippen molar-refractivity contribution >= 4 is 56.3 Å². The Bertz CT molecular complexity index is 1040. The minimum absolute atomic E-state index is 0.0876. The van der Waals surface area contributed by atoms with Gasteiger partial charge in [0.15, 0.2) is 0 Å². The first-order valence-electron chi connectivity index (χ1n) is 7.83. The summed E-state index contributed by atoms with van der Waals surface area (Å²) in [6, 6.07) is 16.1. The van der Waals surface area contributed by atoms with E-state index in [1.165, 1.54) is 41.7 Å². The van der Waals surface area contributed by atoms with E-state index in [9.17, 15) is 13.2 Å². The molecule has 2 aromatic carbocycles. The lowest BCUT2D eigenvalue weighted by atomic mass is 10.3. The van der Waals surface area contributed by atoms with Crippen LogP contribution in [0, 0.1) is 0 Å². The first-order valence-corrected chi connectivity index (χ1v) is 10.6. The number of nitrogens with one attached hydrogen (secondary N) is 2. The summed E-state index contributed by atoms with van der Waals surface area (Å²) >= 11 is 7.32. The number of benzene rings is 2. The van der Waals surface area contributed by atoms with Gasteiger partial charge in [0, 0.05) is 27.4 Å². The van der Waals surface area contributed by atoms with Crippen LogP contribution in [-0.4, -0.2) is 14.3 Å². The third-order valence-corrected chi connectivity index (χ3v) is 5.96. The molecule has 0 aliphatic rings. The number of anilines is 2. The molecule has 3 rings (SSSR count). The van der Waals surface area contributed by atoms with E-state index in [0.29, 0.717) is 16.4 Å². The average molecular weight is 419 g/mol. The van der Waals surface area contributed by atoms with Gasteiger partial charge in [-0.05, 0) is 66.1 Å². The Morgan fingerprint density at radius 1 is 0.963 bits per heavy atom. The van der Waals surface area contributed by atoms with Crippen LogP contribution < -0.4 is 10.0 Å². The predicted octanol–water partition coefficient (Wildman–Crippen LogP) is 4.85. The number of hydrogen-bond donors (Lipinski definition) is 2. The van der Waals surface area contributed by atoms with Crippen molar-refractivity contribution in [2.75, 3.05) is 10.0 Å². The van der Waals surface area contributed by atoms with E-state index in [4.69, 9.17) is 11.6 Å². The highest BCUT2D eigenvalue weighted by atomic mass is 35.5. The number of carbonyl (C=O) groups is 1. The highest BCUT2D eigenvalue weighted by Crippen LogP contribution is 2.20. The van der Waals surface area contributed by atoms with Gasteiger partial charge in [0.25, 0.3) is 10.0 Å². The molecule has 2 N–H and O–H groups in total. The molecule has 0 bridgehead atoms. The van der Waals surface area contributed by atoms with Crippen LogP contribution in [0.2, 0.25) is 5.02 Å². The number of rotatable bonds is 6. The Kier molecular flexibility index (Phi) is 5.95. The third-order valence-electron chi connectivity index (χ3n) is 3.47. The van der Waals surface area contributed by atoms with Gasteiger partial charge < -0.3 is 5.32 Å². The zero-order valence-electron chi connectivity index (χ0n) is 13.9.